The van der Waals surface area contributed by atoms with E-state index in [0.29, 0.717) is 6.04 Å². The Morgan fingerprint density at radius 1 is 1.60 bits per heavy atom. The third-order valence-electron chi connectivity index (χ3n) is 2.31. The molecule has 0 aromatic rings. The Bertz CT molecular complexity index is 91.3. The van der Waals surface area contributed by atoms with E-state index < -0.39 is 0 Å². The third-order valence-corrected chi connectivity index (χ3v) is 2.31. The van der Waals surface area contributed by atoms with Crippen LogP contribution >= 0.6 is 0 Å². The van der Waals surface area contributed by atoms with E-state index in [1.165, 1.54) is 25.8 Å². The third kappa shape index (κ3) is 2.27. The van der Waals surface area contributed by atoms with E-state index in [4.69, 9.17) is 5.73 Å². The molecule has 2 atom stereocenters. The van der Waals surface area contributed by atoms with Crippen molar-refractivity contribution in [3.63, 3.8) is 0 Å². The molecule has 0 saturated carbocycles. The molecule has 1 rings (SSSR count). The Kier molecular flexibility index (Phi) is 3.16. The van der Waals surface area contributed by atoms with Crippen LogP contribution in [0.25, 0.3) is 0 Å². The maximum atomic E-state index is 5.48. The maximum Gasteiger partial charge on any atom is 0.00413 e. The first-order valence-electron chi connectivity index (χ1n) is 4.26. The lowest BCUT2D eigenvalue weighted by Crippen LogP contribution is -2.36. The Morgan fingerprint density at radius 3 is 3.00 bits per heavy atom. The summed E-state index contributed by atoms with van der Waals surface area (Å²) in [6, 6.07) is 0.713. The number of rotatable bonds is 2. The lowest BCUT2D eigenvalue weighted by atomic mass is 9.91. The highest BCUT2D eigenvalue weighted by atomic mass is 14.9. The first-order valence-corrected chi connectivity index (χ1v) is 4.26. The highest BCUT2D eigenvalue weighted by Crippen LogP contribution is 2.18. The molecule has 0 bridgehead atoms. The second-order valence-electron chi connectivity index (χ2n) is 3.32. The molecule has 0 amide bonds. The molecule has 1 fully saturated rings. The number of nitrogens with two attached hydrogens (primary N) is 1. The molecule has 0 aliphatic carbocycles. The zero-order valence-electron chi connectivity index (χ0n) is 6.77. The van der Waals surface area contributed by atoms with Crippen LogP contribution in [0.4, 0.5) is 0 Å². The molecule has 2 nitrogen and oxygen atoms in total. The summed E-state index contributed by atoms with van der Waals surface area (Å²) >= 11 is 0. The van der Waals surface area contributed by atoms with Crippen molar-refractivity contribution in [2.24, 2.45) is 11.7 Å². The van der Waals surface area contributed by atoms with Gasteiger partial charge >= 0.3 is 0 Å². The van der Waals surface area contributed by atoms with Crippen LogP contribution in [0.3, 0.4) is 0 Å². The summed E-state index contributed by atoms with van der Waals surface area (Å²) in [5, 5.41) is 3.43. The Morgan fingerprint density at radius 2 is 2.40 bits per heavy atom. The molecule has 0 unspecified atom stereocenters. The van der Waals surface area contributed by atoms with Gasteiger partial charge in [-0.3, -0.25) is 0 Å². The molecule has 60 valence electrons. The SMILES string of the molecule is C[C@@H]1C[C@H](CCN)CCN1. The average molecular weight is 142 g/mol. The van der Waals surface area contributed by atoms with Crippen LogP contribution in [0.15, 0.2) is 0 Å². The smallest absolute Gasteiger partial charge is 0.00413 e. The summed E-state index contributed by atoms with van der Waals surface area (Å²) in [6.07, 6.45) is 3.85. The molecule has 1 saturated heterocycles. The fraction of sp³-hybridized carbons (Fsp3) is 1.00. The highest BCUT2D eigenvalue weighted by Gasteiger charge is 2.16. The van der Waals surface area contributed by atoms with Crippen molar-refractivity contribution < 1.29 is 0 Å². The van der Waals surface area contributed by atoms with Gasteiger partial charge in [0, 0.05) is 6.04 Å². The van der Waals surface area contributed by atoms with Crippen LogP contribution in [0.2, 0.25) is 0 Å². The van der Waals surface area contributed by atoms with Gasteiger partial charge < -0.3 is 11.1 Å². The van der Waals surface area contributed by atoms with Gasteiger partial charge in [-0.15, -0.1) is 0 Å². The molecule has 2 heteroatoms. The minimum absolute atomic E-state index is 0.713. The minimum atomic E-state index is 0.713. The average Bonchev–Trinajstić information content (AvgIpc) is 1.88. The number of hydrogen-bond acceptors (Lipinski definition) is 2. The van der Waals surface area contributed by atoms with E-state index in [0.717, 1.165) is 12.5 Å². The van der Waals surface area contributed by atoms with Crippen LogP contribution in [0.5, 0.6) is 0 Å². The summed E-state index contributed by atoms with van der Waals surface area (Å²) < 4.78 is 0. The Hall–Kier alpha value is -0.0800. The normalized spacial score (nSPS) is 34.2. The van der Waals surface area contributed by atoms with Crippen molar-refractivity contribution in [1.29, 1.82) is 0 Å². The van der Waals surface area contributed by atoms with Crippen molar-refractivity contribution in [1.82, 2.24) is 5.32 Å². The van der Waals surface area contributed by atoms with Crippen molar-refractivity contribution >= 4 is 0 Å². The molecule has 1 aliphatic heterocycles. The lowest BCUT2D eigenvalue weighted by molar-refractivity contribution is 0.304. The zero-order valence-corrected chi connectivity index (χ0v) is 6.77. The van der Waals surface area contributed by atoms with Gasteiger partial charge in [0.25, 0.3) is 0 Å². The molecular formula is C8H18N2. The van der Waals surface area contributed by atoms with Gasteiger partial charge in [-0.2, -0.15) is 0 Å². The van der Waals surface area contributed by atoms with E-state index in [1.54, 1.807) is 0 Å². The van der Waals surface area contributed by atoms with Gasteiger partial charge in [0.15, 0.2) is 0 Å². The topological polar surface area (TPSA) is 38.0 Å². The van der Waals surface area contributed by atoms with Crippen LogP contribution in [-0.4, -0.2) is 19.1 Å². The van der Waals surface area contributed by atoms with Crippen LogP contribution < -0.4 is 11.1 Å². The number of hydrogen-bond donors (Lipinski definition) is 2. The molecule has 0 aromatic heterocycles. The summed E-state index contributed by atoms with van der Waals surface area (Å²) in [7, 11) is 0. The zero-order chi connectivity index (χ0) is 7.40. The molecule has 0 radical (unpaired) electrons. The standard InChI is InChI=1S/C8H18N2/c1-7-6-8(2-4-9)3-5-10-7/h7-8,10H,2-6,9H2,1H3/t7-,8-/m1/s1. The van der Waals surface area contributed by atoms with Gasteiger partial charge in [-0.05, 0) is 45.2 Å². The van der Waals surface area contributed by atoms with Gasteiger partial charge in [0.05, 0.1) is 0 Å². The molecule has 0 aromatic carbocycles. The first-order chi connectivity index (χ1) is 4.83. The van der Waals surface area contributed by atoms with Crippen molar-refractivity contribution in [2.75, 3.05) is 13.1 Å². The minimum Gasteiger partial charge on any atom is -0.330 e. The van der Waals surface area contributed by atoms with Crippen LogP contribution in [0.1, 0.15) is 26.2 Å². The molecule has 3 N–H and O–H groups in total. The quantitative estimate of drug-likeness (QED) is 0.596. The van der Waals surface area contributed by atoms with E-state index in [9.17, 15) is 0 Å². The van der Waals surface area contributed by atoms with E-state index >= 15 is 0 Å². The summed E-state index contributed by atoms with van der Waals surface area (Å²) in [6.45, 7) is 4.30. The Labute approximate surface area is 63.2 Å². The fourth-order valence-electron chi connectivity index (χ4n) is 1.73. The predicted molar refractivity (Wildman–Crippen MR) is 43.9 cm³/mol. The Balaban J connectivity index is 2.18. The summed E-state index contributed by atoms with van der Waals surface area (Å²) in [5.41, 5.74) is 5.48. The first kappa shape index (κ1) is 8.02. The van der Waals surface area contributed by atoms with Crippen molar-refractivity contribution in [3.8, 4) is 0 Å². The van der Waals surface area contributed by atoms with E-state index in [-0.39, 0.29) is 0 Å². The van der Waals surface area contributed by atoms with Gasteiger partial charge in [0.2, 0.25) is 0 Å². The molecular weight excluding hydrogens is 124 g/mol. The number of piperidine rings is 1. The number of nitrogens with one attached hydrogen (secondary N) is 1. The van der Waals surface area contributed by atoms with E-state index in [1.807, 2.05) is 0 Å². The lowest BCUT2D eigenvalue weighted by Gasteiger charge is -2.27. The maximum absolute atomic E-state index is 5.48. The highest BCUT2D eigenvalue weighted by molar-refractivity contribution is 4.74. The van der Waals surface area contributed by atoms with Gasteiger partial charge in [-0.1, -0.05) is 0 Å². The van der Waals surface area contributed by atoms with E-state index in [2.05, 4.69) is 12.2 Å². The molecule has 0 spiro atoms. The van der Waals surface area contributed by atoms with Crippen molar-refractivity contribution in [3.05, 3.63) is 0 Å². The molecule has 1 heterocycles. The second kappa shape index (κ2) is 3.94. The largest absolute Gasteiger partial charge is 0.330 e. The van der Waals surface area contributed by atoms with Crippen molar-refractivity contribution in [2.45, 2.75) is 32.2 Å². The van der Waals surface area contributed by atoms with Crippen LogP contribution in [0, 0.1) is 5.92 Å². The van der Waals surface area contributed by atoms with Gasteiger partial charge in [-0.25, -0.2) is 0 Å². The van der Waals surface area contributed by atoms with Crippen LogP contribution in [-0.2, 0) is 0 Å². The van der Waals surface area contributed by atoms with Gasteiger partial charge in [0.1, 0.15) is 0 Å². The molecule has 1 aliphatic rings. The monoisotopic (exact) mass is 142 g/mol. The summed E-state index contributed by atoms with van der Waals surface area (Å²) in [5.74, 6) is 0.890. The second-order valence-corrected chi connectivity index (χ2v) is 3.32. The fourth-order valence-corrected chi connectivity index (χ4v) is 1.73. The summed E-state index contributed by atoms with van der Waals surface area (Å²) in [4.78, 5) is 0. The predicted octanol–water partition coefficient (Wildman–Crippen LogP) is 0.723. The molecule has 10 heavy (non-hydrogen) atoms.